The van der Waals surface area contributed by atoms with Crippen molar-refractivity contribution in [2.75, 3.05) is 19.0 Å². The maximum Gasteiger partial charge on any atom is 0.257 e. The maximum absolute atomic E-state index is 11.2. The lowest BCUT2D eigenvalue weighted by Gasteiger charge is -2.27. The van der Waals surface area contributed by atoms with Gasteiger partial charge in [-0.3, -0.25) is 4.79 Å². The lowest BCUT2D eigenvalue weighted by molar-refractivity contribution is -0.122. The summed E-state index contributed by atoms with van der Waals surface area (Å²) in [7, 11) is 1.59. The molecule has 0 bridgehead atoms. The SMILES string of the molecule is CNC(=O)COc1cccc(NC2CCC(N)CC2)c1. The van der Waals surface area contributed by atoms with Gasteiger partial charge in [0.15, 0.2) is 6.61 Å². The van der Waals surface area contributed by atoms with Crippen LogP contribution in [0.15, 0.2) is 24.3 Å². The molecule has 1 amide bonds. The molecule has 0 atom stereocenters. The van der Waals surface area contributed by atoms with Crippen molar-refractivity contribution < 1.29 is 9.53 Å². The molecule has 0 aliphatic heterocycles. The lowest BCUT2D eigenvalue weighted by atomic mass is 9.92. The molecule has 0 saturated heterocycles. The Bertz CT molecular complexity index is 442. The van der Waals surface area contributed by atoms with E-state index in [2.05, 4.69) is 10.6 Å². The summed E-state index contributed by atoms with van der Waals surface area (Å²) in [5, 5.41) is 6.04. The van der Waals surface area contributed by atoms with Gasteiger partial charge in [0.1, 0.15) is 5.75 Å². The minimum atomic E-state index is -0.135. The number of hydrogen-bond donors (Lipinski definition) is 3. The third kappa shape index (κ3) is 4.42. The number of ether oxygens (including phenoxy) is 1. The molecule has 1 aliphatic rings. The summed E-state index contributed by atoms with van der Waals surface area (Å²) < 4.78 is 5.43. The normalized spacial score (nSPS) is 22.1. The highest BCUT2D eigenvalue weighted by atomic mass is 16.5. The molecule has 1 saturated carbocycles. The van der Waals surface area contributed by atoms with E-state index < -0.39 is 0 Å². The summed E-state index contributed by atoms with van der Waals surface area (Å²) in [5.74, 6) is 0.566. The van der Waals surface area contributed by atoms with Crippen LogP contribution >= 0.6 is 0 Å². The van der Waals surface area contributed by atoms with Crippen molar-refractivity contribution in [1.29, 1.82) is 0 Å². The maximum atomic E-state index is 11.2. The highest BCUT2D eigenvalue weighted by molar-refractivity contribution is 5.77. The molecule has 1 aliphatic carbocycles. The topological polar surface area (TPSA) is 76.4 Å². The van der Waals surface area contributed by atoms with E-state index in [9.17, 15) is 4.79 Å². The smallest absolute Gasteiger partial charge is 0.257 e. The van der Waals surface area contributed by atoms with Crippen molar-refractivity contribution in [2.24, 2.45) is 5.73 Å². The molecule has 20 heavy (non-hydrogen) atoms. The van der Waals surface area contributed by atoms with Crippen molar-refractivity contribution in [2.45, 2.75) is 37.8 Å². The first-order valence-electron chi connectivity index (χ1n) is 7.13. The molecule has 4 N–H and O–H groups in total. The zero-order chi connectivity index (χ0) is 14.4. The second kappa shape index (κ2) is 7.14. The largest absolute Gasteiger partial charge is 0.484 e. The van der Waals surface area contributed by atoms with Gasteiger partial charge in [-0.2, -0.15) is 0 Å². The minimum absolute atomic E-state index is 0.0399. The fourth-order valence-corrected chi connectivity index (χ4v) is 2.40. The molecule has 110 valence electrons. The predicted octanol–water partition coefficient (Wildman–Crippen LogP) is 1.49. The van der Waals surface area contributed by atoms with Gasteiger partial charge < -0.3 is 21.1 Å². The number of carbonyl (C=O) groups is 1. The van der Waals surface area contributed by atoms with E-state index in [1.54, 1.807) is 7.05 Å². The number of benzene rings is 1. The lowest BCUT2D eigenvalue weighted by Crippen LogP contribution is -2.32. The number of carbonyl (C=O) groups excluding carboxylic acids is 1. The van der Waals surface area contributed by atoms with Crippen LogP contribution in [-0.2, 0) is 4.79 Å². The van der Waals surface area contributed by atoms with E-state index in [-0.39, 0.29) is 12.5 Å². The van der Waals surface area contributed by atoms with E-state index in [1.165, 1.54) is 0 Å². The van der Waals surface area contributed by atoms with Crippen LogP contribution in [0, 0.1) is 0 Å². The quantitative estimate of drug-likeness (QED) is 0.762. The molecule has 5 heteroatoms. The van der Waals surface area contributed by atoms with Crippen molar-refractivity contribution in [3.63, 3.8) is 0 Å². The van der Waals surface area contributed by atoms with Crippen molar-refractivity contribution >= 4 is 11.6 Å². The van der Waals surface area contributed by atoms with Crippen LogP contribution < -0.4 is 21.1 Å². The van der Waals surface area contributed by atoms with Crippen molar-refractivity contribution in [3.05, 3.63) is 24.3 Å². The van der Waals surface area contributed by atoms with Crippen LogP contribution in [0.25, 0.3) is 0 Å². The molecule has 0 heterocycles. The number of anilines is 1. The molecular weight excluding hydrogens is 254 g/mol. The Kier molecular flexibility index (Phi) is 5.24. The van der Waals surface area contributed by atoms with Crippen LogP contribution in [0.4, 0.5) is 5.69 Å². The fourth-order valence-electron chi connectivity index (χ4n) is 2.40. The molecule has 2 rings (SSSR count). The van der Waals surface area contributed by atoms with E-state index in [1.807, 2.05) is 24.3 Å². The second-order valence-corrected chi connectivity index (χ2v) is 5.25. The average Bonchev–Trinajstić information content (AvgIpc) is 2.47. The van der Waals surface area contributed by atoms with Gasteiger partial charge in [-0.1, -0.05) is 6.07 Å². The van der Waals surface area contributed by atoms with Gasteiger partial charge in [-0.15, -0.1) is 0 Å². The van der Waals surface area contributed by atoms with Gasteiger partial charge in [0.25, 0.3) is 5.91 Å². The van der Waals surface area contributed by atoms with Crippen LogP contribution in [-0.4, -0.2) is 31.6 Å². The summed E-state index contributed by atoms with van der Waals surface area (Å²) in [5.41, 5.74) is 6.94. The molecular formula is C15H23N3O2. The second-order valence-electron chi connectivity index (χ2n) is 5.25. The van der Waals surface area contributed by atoms with Gasteiger partial charge >= 0.3 is 0 Å². The molecule has 1 aromatic carbocycles. The van der Waals surface area contributed by atoms with Gasteiger partial charge in [0.05, 0.1) is 0 Å². The van der Waals surface area contributed by atoms with E-state index in [0.29, 0.717) is 17.8 Å². The number of nitrogens with two attached hydrogens (primary N) is 1. The monoisotopic (exact) mass is 277 g/mol. The first kappa shape index (κ1) is 14.7. The van der Waals surface area contributed by atoms with Crippen LogP contribution in [0.2, 0.25) is 0 Å². The van der Waals surface area contributed by atoms with Crippen LogP contribution in [0.1, 0.15) is 25.7 Å². The molecule has 0 radical (unpaired) electrons. The minimum Gasteiger partial charge on any atom is -0.484 e. The zero-order valence-corrected chi connectivity index (χ0v) is 11.9. The molecule has 0 aromatic heterocycles. The summed E-state index contributed by atoms with van der Waals surface area (Å²) in [6.07, 6.45) is 4.35. The number of hydrogen-bond acceptors (Lipinski definition) is 4. The third-order valence-corrected chi connectivity index (χ3v) is 3.63. The molecule has 0 spiro atoms. The van der Waals surface area contributed by atoms with E-state index in [0.717, 1.165) is 31.4 Å². The van der Waals surface area contributed by atoms with Crippen molar-refractivity contribution in [1.82, 2.24) is 5.32 Å². The Morgan fingerprint density at radius 1 is 1.35 bits per heavy atom. The van der Waals surface area contributed by atoms with Crippen LogP contribution in [0.3, 0.4) is 0 Å². The molecule has 1 aromatic rings. The zero-order valence-electron chi connectivity index (χ0n) is 11.9. The number of rotatable bonds is 5. The average molecular weight is 277 g/mol. The Labute approximate surface area is 119 Å². The van der Waals surface area contributed by atoms with Gasteiger partial charge in [-0.25, -0.2) is 0 Å². The number of likely N-dealkylation sites (N-methyl/N-ethyl adjacent to an activating group) is 1. The molecule has 5 nitrogen and oxygen atoms in total. The van der Waals surface area contributed by atoms with E-state index >= 15 is 0 Å². The molecule has 0 unspecified atom stereocenters. The van der Waals surface area contributed by atoms with Gasteiger partial charge in [0.2, 0.25) is 0 Å². The summed E-state index contributed by atoms with van der Waals surface area (Å²) in [6.45, 7) is 0.0399. The Morgan fingerprint density at radius 3 is 2.80 bits per heavy atom. The highest BCUT2D eigenvalue weighted by Crippen LogP contribution is 2.23. The number of amides is 1. The first-order chi connectivity index (χ1) is 9.67. The first-order valence-corrected chi connectivity index (χ1v) is 7.13. The Hall–Kier alpha value is -1.75. The highest BCUT2D eigenvalue weighted by Gasteiger charge is 2.18. The van der Waals surface area contributed by atoms with E-state index in [4.69, 9.17) is 10.5 Å². The summed E-state index contributed by atoms with van der Waals surface area (Å²) in [4.78, 5) is 11.2. The Morgan fingerprint density at radius 2 is 2.10 bits per heavy atom. The third-order valence-electron chi connectivity index (χ3n) is 3.63. The van der Waals surface area contributed by atoms with Gasteiger partial charge in [0, 0.05) is 30.9 Å². The van der Waals surface area contributed by atoms with Crippen molar-refractivity contribution in [3.8, 4) is 5.75 Å². The number of nitrogens with one attached hydrogen (secondary N) is 2. The standard InChI is InChI=1S/C15H23N3O2/c1-17-15(19)10-20-14-4-2-3-13(9-14)18-12-7-5-11(16)6-8-12/h2-4,9,11-12,18H,5-8,10,16H2,1H3,(H,17,19). The predicted molar refractivity (Wildman–Crippen MR) is 79.9 cm³/mol. The van der Waals surface area contributed by atoms with Gasteiger partial charge in [-0.05, 0) is 37.8 Å². The summed E-state index contributed by atoms with van der Waals surface area (Å²) in [6, 6.07) is 8.55. The van der Waals surface area contributed by atoms with Crippen LogP contribution in [0.5, 0.6) is 5.75 Å². The molecule has 1 fully saturated rings. The summed E-state index contributed by atoms with van der Waals surface area (Å²) >= 11 is 0. The fraction of sp³-hybridized carbons (Fsp3) is 0.533. The Balaban J connectivity index is 1.87.